The van der Waals surface area contributed by atoms with Crippen LogP contribution in [0.5, 0.6) is 0 Å². The summed E-state index contributed by atoms with van der Waals surface area (Å²) in [7, 11) is 0. The van der Waals surface area contributed by atoms with Gasteiger partial charge in [-0.25, -0.2) is 0 Å². The predicted molar refractivity (Wildman–Crippen MR) is 87.1 cm³/mol. The first-order valence-corrected chi connectivity index (χ1v) is 7.40. The average molecular weight is 341 g/mol. The predicted octanol–water partition coefficient (Wildman–Crippen LogP) is 3.93. The Morgan fingerprint density at radius 3 is 2.76 bits per heavy atom. The maximum Gasteiger partial charge on any atom is 0.251 e. The second-order valence-electron chi connectivity index (χ2n) is 4.69. The molecule has 104 valence electrons. The standard InChI is InChI=1S/C17H13BrN2O/c18-15-8-2-5-13(10-15)17(21)20-11-14-6-1-4-12-7-3-9-19-16(12)14/h1-10H,11H2,(H,20,21). The van der Waals surface area contributed by atoms with Crippen molar-refractivity contribution in [2.24, 2.45) is 0 Å². The van der Waals surface area contributed by atoms with Gasteiger partial charge in [-0.2, -0.15) is 0 Å². The molecular weight excluding hydrogens is 328 g/mol. The van der Waals surface area contributed by atoms with E-state index in [-0.39, 0.29) is 5.91 Å². The van der Waals surface area contributed by atoms with E-state index in [1.54, 1.807) is 18.3 Å². The molecule has 0 aliphatic carbocycles. The van der Waals surface area contributed by atoms with E-state index in [1.807, 2.05) is 42.5 Å². The van der Waals surface area contributed by atoms with Gasteiger partial charge in [-0.15, -0.1) is 0 Å². The van der Waals surface area contributed by atoms with Crippen LogP contribution in [-0.4, -0.2) is 10.9 Å². The maximum atomic E-state index is 12.2. The molecule has 3 nitrogen and oxygen atoms in total. The number of nitrogens with one attached hydrogen (secondary N) is 1. The van der Waals surface area contributed by atoms with E-state index in [4.69, 9.17) is 0 Å². The molecule has 0 bridgehead atoms. The number of para-hydroxylation sites is 1. The molecule has 0 saturated heterocycles. The van der Waals surface area contributed by atoms with Gasteiger partial charge >= 0.3 is 0 Å². The highest BCUT2D eigenvalue weighted by Crippen LogP contribution is 2.16. The highest BCUT2D eigenvalue weighted by molar-refractivity contribution is 9.10. The van der Waals surface area contributed by atoms with Crippen molar-refractivity contribution in [3.05, 3.63) is 76.4 Å². The molecule has 0 aliphatic heterocycles. The molecule has 0 fully saturated rings. The van der Waals surface area contributed by atoms with Crippen LogP contribution in [0.15, 0.2) is 65.3 Å². The van der Waals surface area contributed by atoms with Crippen molar-refractivity contribution in [3.63, 3.8) is 0 Å². The number of aromatic nitrogens is 1. The van der Waals surface area contributed by atoms with Crippen LogP contribution in [0, 0.1) is 0 Å². The fraction of sp³-hybridized carbons (Fsp3) is 0.0588. The number of benzene rings is 2. The number of carbonyl (C=O) groups excluding carboxylic acids is 1. The number of halogens is 1. The molecule has 0 radical (unpaired) electrons. The zero-order valence-electron chi connectivity index (χ0n) is 11.2. The third kappa shape index (κ3) is 3.11. The Morgan fingerprint density at radius 2 is 1.90 bits per heavy atom. The Bertz CT molecular complexity index is 796. The van der Waals surface area contributed by atoms with Gasteiger partial charge < -0.3 is 5.32 Å². The Hall–Kier alpha value is -2.20. The van der Waals surface area contributed by atoms with E-state index in [0.29, 0.717) is 12.1 Å². The Balaban J connectivity index is 1.79. The minimum atomic E-state index is -0.0933. The lowest BCUT2D eigenvalue weighted by molar-refractivity contribution is 0.0951. The van der Waals surface area contributed by atoms with Gasteiger partial charge in [0.05, 0.1) is 5.52 Å². The molecule has 0 spiro atoms. The maximum absolute atomic E-state index is 12.2. The summed E-state index contributed by atoms with van der Waals surface area (Å²) in [6.45, 7) is 0.458. The molecule has 0 saturated carbocycles. The fourth-order valence-corrected chi connectivity index (χ4v) is 2.62. The van der Waals surface area contributed by atoms with Gasteiger partial charge in [0.25, 0.3) is 5.91 Å². The monoisotopic (exact) mass is 340 g/mol. The van der Waals surface area contributed by atoms with Gasteiger partial charge in [-0.05, 0) is 29.8 Å². The first-order chi connectivity index (χ1) is 10.2. The first-order valence-electron chi connectivity index (χ1n) is 6.60. The summed E-state index contributed by atoms with van der Waals surface area (Å²) < 4.78 is 0.891. The van der Waals surface area contributed by atoms with Crippen molar-refractivity contribution in [2.45, 2.75) is 6.54 Å². The average Bonchev–Trinajstić information content (AvgIpc) is 2.52. The van der Waals surface area contributed by atoms with Crippen molar-refractivity contribution >= 4 is 32.7 Å². The molecule has 21 heavy (non-hydrogen) atoms. The van der Waals surface area contributed by atoms with Crippen molar-refractivity contribution in [3.8, 4) is 0 Å². The van der Waals surface area contributed by atoms with E-state index in [9.17, 15) is 4.79 Å². The third-order valence-electron chi connectivity index (χ3n) is 3.24. The van der Waals surface area contributed by atoms with E-state index in [1.165, 1.54) is 0 Å². The number of rotatable bonds is 3. The van der Waals surface area contributed by atoms with Gasteiger partial charge in [-0.1, -0.05) is 46.3 Å². The van der Waals surface area contributed by atoms with Gasteiger partial charge in [0, 0.05) is 28.2 Å². The fourth-order valence-electron chi connectivity index (χ4n) is 2.22. The van der Waals surface area contributed by atoms with E-state index in [2.05, 4.69) is 26.2 Å². The van der Waals surface area contributed by atoms with E-state index < -0.39 is 0 Å². The summed E-state index contributed by atoms with van der Waals surface area (Å²) in [6.07, 6.45) is 1.77. The zero-order chi connectivity index (χ0) is 14.7. The summed E-state index contributed by atoms with van der Waals surface area (Å²) >= 11 is 3.37. The van der Waals surface area contributed by atoms with Crippen molar-refractivity contribution in [1.29, 1.82) is 0 Å². The second-order valence-corrected chi connectivity index (χ2v) is 5.60. The lowest BCUT2D eigenvalue weighted by Gasteiger charge is -2.08. The minimum absolute atomic E-state index is 0.0933. The summed E-state index contributed by atoms with van der Waals surface area (Å²) in [5, 5.41) is 4.01. The second kappa shape index (κ2) is 6.06. The van der Waals surface area contributed by atoms with Crippen molar-refractivity contribution in [2.75, 3.05) is 0 Å². The molecule has 1 amide bonds. The number of hydrogen-bond donors (Lipinski definition) is 1. The van der Waals surface area contributed by atoms with Crippen molar-refractivity contribution < 1.29 is 4.79 Å². The van der Waals surface area contributed by atoms with Crippen LogP contribution in [0.25, 0.3) is 10.9 Å². The SMILES string of the molecule is O=C(NCc1cccc2cccnc12)c1cccc(Br)c1. The molecule has 1 aromatic heterocycles. The zero-order valence-corrected chi connectivity index (χ0v) is 12.8. The summed E-state index contributed by atoms with van der Waals surface area (Å²) in [4.78, 5) is 16.5. The number of nitrogens with zero attached hydrogens (tertiary/aromatic N) is 1. The van der Waals surface area contributed by atoms with Gasteiger partial charge in [0.15, 0.2) is 0 Å². The number of pyridine rings is 1. The van der Waals surface area contributed by atoms with Crippen molar-refractivity contribution in [1.82, 2.24) is 10.3 Å². The molecule has 0 unspecified atom stereocenters. The van der Waals surface area contributed by atoms with Crippen LogP contribution in [0.2, 0.25) is 0 Å². The molecule has 0 atom stereocenters. The summed E-state index contributed by atoms with van der Waals surface area (Å²) in [5.41, 5.74) is 2.57. The van der Waals surface area contributed by atoms with Crippen LogP contribution in [0.1, 0.15) is 15.9 Å². The Kier molecular flexibility index (Phi) is 3.97. The van der Waals surface area contributed by atoms with Crippen LogP contribution in [0.3, 0.4) is 0 Å². The topological polar surface area (TPSA) is 42.0 Å². The quantitative estimate of drug-likeness (QED) is 0.784. The molecule has 2 aromatic carbocycles. The van der Waals surface area contributed by atoms with Gasteiger partial charge in [0.1, 0.15) is 0 Å². The molecule has 3 aromatic rings. The highest BCUT2D eigenvalue weighted by atomic mass is 79.9. The lowest BCUT2D eigenvalue weighted by atomic mass is 10.1. The molecule has 1 N–H and O–H groups in total. The number of fused-ring (bicyclic) bond motifs is 1. The van der Waals surface area contributed by atoms with Crippen LogP contribution >= 0.6 is 15.9 Å². The van der Waals surface area contributed by atoms with Gasteiger partial charge in [-0.3, -0.25) is 9.78 Å². The van der Waals surface area contributed by atoms with Crippen LogP contribution < -0.4 is 5.32 Å². The number of amides is 1. The summed E-state index contributed by atoms with van der Waals surface area (Å²) in [6, 6.07) is 17.2. The Morgan fingerprint density at radius 1 is 1.10 bits per heavy atom. The first kappa shape index (κ1) is 13.8. The van der Waals surface area contributed by atoms with Gasteiger partial charge in [0.2, 0.25) is 0 Å². The lowest BCUT2D eigenvalue weighted by Crippen LogP contribution is -2.22. The summed E-state index contributed by atoms with van der Waals surface area (Å²) in [5.74, 6) is -0.0933. The van der Waals surface area contributed by atoms with E-state index >= 15 is 0 Å². The molecule has 4 heteroatoms. The number of carbonyl (C=O) groups is 1. The van der Waals surface area contributed by atoms with Crippen LogP contribution in [0.4, 0.5) is 0 Å². The minimum Gasteiger partial charge on any atom is -0.348 e. The highest BCUT2D eigenvalue weighted by Gasteiger charge is 2.07. The smallest absolute Gasteiger partial charge is 0.251 e. The van der Waals surface area contributed by atoms with Crippen LogP contribution in [-0.2, 0) is 6.54 Å². The third-order valence-corrected chi connectivity index (χ3v) is 3.74. The normalized spacial score (nSPS) is 10.5. The molecule has 1 heterocycles. The molecule has 0 aliphatic rings. The Labute approximate surface area is 131 Å². The van der Waals surface area contributed by atoms with E-state index in [0.717, 1.165) is 20.9 Å². The largest absolute Gasteiger partial charge is 0.348 e. The number of hydrogen-bond acceptors (Lipinski definition) is 2. The molecule has 3 rings (SSSR count). The molecular formula is C17H13BrN2O.